The molecule has 1 aromatic carbocycles. The maximum absolute atomic E-state index is 10.2. The molecule has 0 aliphatic heterocycles. The van der Waals surface area contributed by atoms with E-state index in [1.54, 1.807) is 38.3 Å². The summed E-state index contributed by atoms with van der Waals surface area (Å²) in [5.74, 6) is 0.558. The number of esters is 1. The highest BCUT2D eigenvalue weighted by Crippen LogP contribution is 2.09. The number of carbonyl (C=O) groups is 2. The van der Waals surface area contributed by atoms with E-state index in [2.05, 4.69) is 4.74 Å². The second kappa shape index (κ2) is 8.47. The van der Waals surface area contributed by atoms with Crippen molar-refractivity contribution in [1.29, 1.82) is 0 Å². The highest BCUT2D eigenvalue weighted by molar-refractivity contribution is 5.74. The normalized spacial score (nSPS) is 8.44. The zero-order chi connectivity index (χ0) is 12.4. The molecule has 0 aromatic heterocycles. The predicted octanol–water partition coefficient (Wildman–Crippen LogP) is 2.08. The van der Waals surface area contributed by atoms with Crippen LogP contribution in [-0.2, 0) is 9.53 Å². The average Bonchev–Trinajstić information content (AvgIpc) is 2.30. The number of benzene rings is 1. The van der Waals surface area contributed by atoms with Crippen LogP contribution in [0.15, 0.2) is 24.3 Å². The summed E-state index contributed by atoms with van der Waals surface area (Å²) in [6.45, 7) is 3.65. The highest BCUT2D eigenvalue weighted by atomic mass is 16.5. The van der Waals surface area contributed by atoms with Crippen molar-refractivity contribution in [2.45, 2.75) is 13.8 Å². The molecule has 1 rings (SSSR count). The van der Waals surface area contributed by atoms with Gasteiger partial charge >= 0.3 is 5.97 Å². The van der Waals surface area contributed by atoms with Crippen molar-refractivity contribution in [3.63, 3.8) is 0 Å². The molecule has 0 heterocycles. The first kappa shape index (κ1) is 14.2. The van der Waals surface area contributed by atoms with Gasteiger partial charge in [-0.1, -0.05) is 0 Å². The summed E-state index contributed by atoms with van der Waals surface area (Å²) < 4.78 is 9.30. The molecule has 0 bridgehead atoms. The average molecular weight is 224 g/mol. The van der Waals surface area contributed by atoms with Gasteiger partial charge in [-0.2, -0.15) is 0 Å². The zero-order valence-corrected chi connectivity index (χ0v) is 9.73. The van der Waals surface area contributed by atoms with Crippen molar-refractivity contribution >= 4 is 12.3 Å². The molecule has 0 unspecified atom stereocenters. The molecule has 0 saturated heterocycles. The molecule has 0 amide bonds. The molecule has 0 saturated carbocycles. The van der Waals surface area contributed by atoms with Crippen LogP contribution in [0.2, 0.25) is 0 Å². The molecule has 4 nitrogen and oxygen atoms in total. The van der Waals surface area contributed by atoms with Crippen molar-refractivity contribution in [1.82, 2.24) is 0 Å². The Morgan fingerprint density at radius 1 is 1.31 bits per heavy atom. The Kier molecular flexibility index (Phi) is 7.49. The third-order valence-electron chi connectivity index (χ3n) is 1.60. The number of ether oxygens (including phenoxy) is 2. The predicted molar refractivity (Wildman–Crippen MR) is 60.7 cm³/mol. The largest absolute Gasteiger partial charge is 0.497 e. The highest BCUT2D eigenvalue weighted by Gasteiger charge is 1.89. The van der Waals surface area contributed by atoms with Crippen LogP contribution >= 0.6 is 0 Å². The molecular formula is C12H16O4. The summed E-state index contributed by atoms with van der Waals surface area (Å²) in [4.78, 5) is 20.0. The third-order valence-corrected chi connectivity index (χ3v) is 1.60. The van der Waals surface area contributed by atoms with Gasteiger partial charge in [-0.3, -0.25) is 9.59 Å². The summed E-state index contributed by atoms with van der Waals surface area (Å²) in [6, 6.07) is 6.94. The quantitative estimate of drug-likeness (QED) is 0.582. The van der Waals surface area contributed by atoms with E-state index in [0.29, 0.717) is 12.2 Å². The van der Waals surface area contributed by atoms with Crippen LogP contribution in [0.5, 0.6) is 5.75 Å². The van der Waals surface area contributed by atoms with Gasteiger partial charge in [-0.25, -0.2) is 0 Å². The Bertz CT molecular complexity index is 316. The van der Waals surface area contributed by atoms with Crippen molar-refractivity contribution in [3.8, 4) is 5.75 Å². The van der Waals surface area contributed by atoms with Crippen LogP contribution in [0.3, 0.4) is 0 Å². The van der Waals surface area contributed by atoms with E-state index in [1.807, 2.05) is 0 Å². The molecule has 0 radical (unpaired) electrons. The smallest absolute Gasteiger partial charge is 0.302 e. The Balaban J connectivity index is 0.000000325. The fourth-order valence-electron chi connectivity index (χ4n) is 0.886. The topological polar surface area (TPSA) is 52.6 Å². The van der Waals surface area contributed by atoms with Crippen LogP contribution in [0.4, 0.5) is 0 Å². The Hall–Kier alpha value is -1.84. The summed E-state index contributed by atoms with van der Waals surface area (Å²) in [7, 11) is 1.59. The van der Waals surface area contributed by atoms with Gasteiger partial charge in [0.25, 0.3) is 0 Å². The van der Waals surface area contributed by atoms with Gasteiger partial charge in [-0.15, -0.1) is 0 Å². The van der Waals surface area contributed by atoms with E-state index in [9.17, 15) is 9.59 Å². The number of rotatable bonds is 3. The molecule has 16 heavy (non-hydrogen) atoms. The molecule has 4 heteroatoms. The number of methoxy groups -OCH3 is 1. The number of aldehydes is 1. The van der Waals surface area contributed by atoms with Crippen molar-refractivity contribution in [2.24, 2.45) is 0 Å². The lowest BCUT2D eigenvalue weighted by Gasteiger charge is -1.96. The van der Waals surface area contributed by atoms with E-state index in [-0.39, 0.29) is 5.97 Å². The van der Waals surface area contributed by atoms with Gasteiger partial charge in [-0.05, 0) is 31.2 Å². The second-order valence-electron chi connectivity index (χ2n) is 2.82. The Morgan fingerprint density at radius 2 is 1.88 bits per heavy atom. The minimum Gasteiger partial charge on any atom is -0.497 e. The minimum absolute atomic E-state index is 0.211. The molecule has 0 aliphatic carbocycles. The van der Waals surface area contributed by atoms with Crippen molar-refractivity contribution < 1.29 is 19.1 Å². The fraction of sp³-hybridized carbons (Fsp3) is 0.333. The van der Waals surface area contributed by atoms with Gasteiger partial charge < -0.3 is 9.47 Å². The molecule has 0 fully saturated rings. The molecule has 0 N–H and O–H groups in total. The summed E-state index contributed by atoms with van der Waals surface area (Å²) in [5, 5.41) is 0. The Labute approximate surface area is 95.2 Å². The van der Waals surface area contributed by atoms with Crippen LogP contribution in [0, 0.1) is 0 Å². The number of hydrogen-bond acceptors (Lipinski definition) is 4. The third kappa shape index (κ3) is 6.59. The lowest BCUT2D eigenvalue weighted by molar-refractivity contribution is -0.140. The molecule has 0 atom stereocenters. The van der Waals surface area contributed by atoms with Crippen LogP contribution in [0.1, 0.15) is 24.2 Å². The first-order valence-electron chi connectivity index (χ1n) is 4.86. The molecule has 0 aliphatic rings. The maximum Gasteiger partial charge on any atom is 0.302 e. The van der Waals surface area contributed by atoms with Gasteiger partial charge in [0, 0.05) is 12.5 Å². The van der Waals surface area contributed by atoms with Gasteiger partial charge in [0.05, 0.1) is 13.7 Å². The lowest BCUT2D eigenvalue weighted by atomic mass is 10.2. The monoisotopic (exact) mass is 224 g/mol. The Morgan fingerprint density at radius 3 is 2.12 bits per heavy atom. The van der Waals surface area contributed by atoms with Crippen molar-refractivity contribution in [2.75, 3.05) is 13.7 Å². The van der Waals surface area contributed by atoms with E-state index >= 15 is 0 Å². The molecule has 0 spiro atoms. The summed E-state index contributed by atoms with van der Waals surface area (Å²) in [5.41, 5.74) is 0.667. The first-order chi connectivity index (χ1) is 7.63. The minimum atomic E-state index is -0.211. The fourth-order valence-corrected chi connectivity index (χ4v) is 0.886. The standard InChI is InChI=1S/C8H8O2.C4H8O2/c1-10-8-4-2-7(6-9)3-5-8;1-3-6-4(2)5/h2-6H,1H3;3H2,1-2H3. The van der Waals surface area contributed by atoms with Crippen LogP contribution in [-0.4, -0.2) is 26.0 Å². The number of hydrogen-bond donors (Lipinski definition) is 0. The van der Waals surface area contributed by atoms with Gasteiger partial charge in [0.2, 0.25) is 0 Å². The maximum atomic E-state index is 10.2. The summed E-state index contributed by atoms with van der Waals surface area (Å²) >= 11 is 0. The van der Waals surface area contributed by atoms with Gasteiger partial charge in [0.1, 0.15) is 12.0 Å². The number of carbonyl (C=O) groups excluding carboxylic acids is 2. The SMILES string of the molecule is CCOC(C)=O.COc1ccc(C=O)cc1. The first-order valence-corrected chi connectivity index (χ1v) is 4.86. The lowest BCUT2D eigenvalue weighted by Crippen LogP contribution is -1.95. The van der Waals surface area contributed by atoms with Crippen molar-refractivity contribution in [3.05, 3.63) is 29.8 Å². The van der Waals surface area contributed by atoms with Gasteiger partial charge in [0.15, 0.2) is 0 Å². The van der Waals surface area contributed by atoms with E-state index in [0.717, 1.165) is 12.0 Å². The van der Waals surface area contributed by atoms with Crippen LogP contribution < -0.4 is 4.74 Å². The molecule has 88 valence electrons. The summed E-state index contributed by atoms with van der Waals surface area (Å²) in [6.07, 6.45) is 0.805. The second-order valence-corrected chi connectivity index (χ2v) is 2.82. The molecular weight excluding hydrogens is 208 g/mol. The molecule has 1 aromatic rings. The zero-order valence-electron chi connectivity index (χ0n) is 9.73. The van der Waals surface area contributed by atoms with Crippen LogP contribution in [0.25, 0.3) is 0 Å². The van der Waals surface area contributed by atoms with E-state index in [4.69, 9.17) is 4.74 Å². The van der Waals surface area contributed by atoms with E-state index in [1.165, 1.54) is 6.92 Å². The van der Waals surface area contributed by atoms with E-state index < -0.39 is 0 Å².